The van der Waals surface area contributed by atoms with Crippen molar-refractivity contribution in [3.63, 3.8) is 0 Å². The van der Waals surface area contributed by atoms with E-state index in [1.54, 1.807) is 25.1 Å². The first-order valence-corrected chi connectivity index (χ1v) is 6.38. The van der Waals surface area contributed by atoms with Gasteiger partial charge in [-0.15, -0.1) is 0 Å². The maximum atomic E-state index is 11.0. The molecule has 0 bridgehead atoms. The van der Waals surface area contributed by atoms with Crippen LogP contribution >= 0.6 is 27.5 Å². The lowest BCUT2D eigenvalue weighted by molar-refractivity contribution is -0.386. The van der Waals surface area contributed by atoms with E-state index in [-0.39, 0.29) is 11.6 Å². The lowest BCUT2D eigenvalue weighted by Gasteiger charge is -2.07. The van der Waals surface area contributed by atoms with E-state index >= 15 is 0 Å². The molecular formula is C12H8BrClN2O3. The quantitative estimate of drug-likeness (QED) is 0.607. The molecule has 0 fully saturated rings. The fourth-order valence-electron chi connectivity index (χ4n) is 1.41. The molecule has 0 aliphatic heterocycles. The van der Waals surface area contributed by atoms with Crippen LogP contribution in [0.2, 0.25) is 5.02 Å². The Bertz CT molecular complexity index is 649. The highest BCUT2D eigenvalue weighted by atomic mass is 79.9. The molecule has 5 nitrogen and oxygen atoms in total. The third kappa shape index (κ3) is 3.21. The van der Waals surface area contributed by atoms with Gasteiger partial charge in [0, 0.05) is 16.7 Å². The van der Waals surface area contributed by atoms with E-state index in [1.165, 1.54) is 12.3 Å². The summed E-state index contributed by atoms with van der Waals surface area (Å²) in [4.78, 5) is 14.3. The number of hydrogen-bond donors (Lipinski definition) is 0. The van der Waals surface area contributed by atoms with Gasteiger partial charge in [0.1, 0.15) is 5.75 Å². The fraction of sp³-hybridized carbons (Fsp3) is 0.0833. The molecule has 98 valence electrons. The molecule has 1 aromatic heterocycles. The van der Waals surface area contributed by atoms with E-state index in [0.717, 1.165) is 4.47 Å². The van der Waals surface area contributed by atoms with Crippen molar-refractivity contribution in [3.05, 3.63) is 55.6 Å². The number of rotatable bonds is 3. The van der Waals surface area contributed by atoms with Gasteiger partial charge in [-0.05, 0) is 30.7 Å². The van der Waals surface area contributed by atoms with Crippen LogP contribution in [0.3, 0.4) is 0 Å². The molecule has 0 N–H and O–H groups in total. The number of nitrogens with zero attached hydrogens (tertiary/aromatic N) is 2. The lowest BCUT2D eigenvalue weighted by Crippen LogP contribution is -1.97. The zero-order valence-electron chi connectivity index (χ0n) is 9.76. The van der Waals surface area contributed by atoms with Gasteiger partial charge in [-0.25, -0.2) is 4.98 Å². The second-order valence-electron chi connectivity index (χ2n) is 3.77. The van der Waals surface area contributed by atoms with E-state index in [1.807, 2.05) is 0 Å². The topological polar surface area (TPSA) is 65.3 Å². The molecule has 0 atom stereocenters. The zero-order chi connectivity index (χ0) is 14.0. The van der Waals surface area contributed by atoms with E-state index in [2.05, 4.69) is 20.9 Å². The molecule has 1 heterocycles. The van der Waals surface area contributed by atoms with Crippen LogP contribution in [-0.2, 0) is 0 Å². The molecule has 7 heteroatoms. The molecule has 0 amide bonds. The van der Waals surface area contributed by atoms with Crippen molar-refractivity contribution in [2.24, 2.45) is 0 Å². The van der Waals surface area contributed by atoms with Crippen LogP contribution in [-0.4, -0.2) is 9.91 Å². The summed E-state index contributed by atoms with van der Waals surface area (Å²) in [5.41, 5.74) is 0.482. The third-order valence-electron chi connectivity index (χ3n) is 2.27. The fourth-order valence-corrected chi connectivity index (χ4v) is 1.91. The van der Waals surface area contributed by atoms with Crippen molar-refractivity contribution in [2.45, 2.75) is 6.92 Å². The molecule has 0 spiro atoms. The van der Waals surface area contributed by atoms with Crippen LogP contribution in [0, 0.1) is 17.0 Å². The van der Waals surface area contributed by atoms with Gasteiger partial charge >= 0.3 is 5.69 Å². The van der Waals surface area contributed by atoms with Crippen molar-refractivity contribution in [1.82, 2.24) is 4.98 Å². The summed E-state index contributed by atoms with van der Waals surface area (Å²) in [6, 6.07) is 6.38. The van der Waals surface area contributed by atoms with Crippen molar-refractivity contribution in [1.29, 1.82) is 0 Å². The van der Waals surface area contributed by atoms with E-state index in [9.17, 15) is 10.1 Å². The largest absolute Gasteiger partial charge is 0.432 e. The predicted molar refractivity (Wildman–Crippen MR) is 74.9 cm³/mol. The zero-order valence-corrected chi connectivity index (χ0v) is 12.1. The van der Waals surface area contributed by atoms with E-state index in [4.69, 9.17) is 16.3 Å². The summed E-state index contributed by atoms with van der Waals surface area (Å²) in [6.07, 6.45) is 1.49. The van der Waals surface area contributed by atoms with Gasteiger partial charge in [-0.1, -0.05) is 27.5 Å². The Labute approximate surface area is 122 Å². The first kappa shape index (κ1) is 13.8. The Morgan fingerprint density at radius 1 is 1.42 bits per heavy atom. The van der Waals surface area contributed by atoms with E-state index < -0.39 is 4.92 Å². The summed E-state index contributed by atoms with van der Waals surface area (Å²) in [5, 5.41) is 11.3. The summed E-state index contributed by atoms with van der Waals surface area (Å²) >= 11 is 9.24. The number of pyridine rings is 1. The molecule has 0 saturated carbocycles. The Morgan fingerprint density at radius 3 is 2.84 bits per heavy atom. The number of benzene rings is 1. The predicted octanol–water partition coefficient (Wildman–Crippen LogP) is 4.51. The molecule has 0 aliphatic carbocycles. The smallest absolute Gasteiger partial charge is 0.331 e. The van der Waals surface area contributed by atoms with Crippen LogP contribution in [0.5, 0.6) is 11.6 Å². The third-order valence-corrected chi connectivity index (χ3v) is 3.07. The molecule has 1 aromatic carbocycles. The minimum Gasteiger partial charge on any atom is -0.432 e. The second kappa shape index (κ2) is 5.54. The van der Waals surface area contributed by atoms with Crippen LogP contribution < -0.4 is 4.74 Å². The monoisotopic (exact) mass is 342 g/mol. The average Bonchev–Trinajstić information content (AvgIpc) is 2.35. The molecule has 2 rings (SSSR count). The summed E-state index contributed by atoms with van der Waals surface area (Å²) in [6.45, 7) is 1.72. The second-order valence-corrected chi connectivity index (χ2v) is 5.09. The number of aryl methyl sites for hydroxylation is 1. The van der Waals surface area contributed by atoms with Crippen LogP contribution in [0.15, 0.2) is 34.9 Å². The van der Waals surface area contributed by atoms with Gasteiger partial charge < -0.3 is 4.74 Å². The van der Waals surface area contributed by atoms with Gasteiger partial charge in [0.2, 0.25) is 0 Å². The number of halogens is 2. The summed E-state index contributed by atoms with van der Waals surface area (Å²) in [5.74, 6) is 0.214. The van der Waals surface area contributed by atoms with Crippen LogP contribution in [0.1, 0.15) is 5.56 Å². The highest BCUT2D eigenvalue weighted by Crippen LogP contribution is 2.35. The van der Waals surface area contributed by atoms with Crippen molar-refractivity contribution in [2.75, 3.05) is 0 Å². The van der Waals surface area contributed by atoms with Gasteiger partial charge in [-0.2, -0.15) is 0 Å². The van der Waals surface area contributed by atoms with Crippen molar-refractivity contribution >= 4 is 33.2 Å². The Kier molecular flexibility index (Phi) is 4.01. The molecular weight excluding hydrogens is 336 g/mol. The summed E-state index contributed by atoms with van der Waals surface area (Å²) < 4.78 is 6.17. The molecule has 19 heavy (non-hydrogen) atoms. The number of ether oxygens (including phenoxy) is 1. The first-order chi connectivity index (χ1) is 8.97. The Morgan fingerprint density at radius 2 is 2.16 bits per heavy atom. The minimum absolute atomic E-state index is 0.0874. The molecule has 0 saturated heterocycles. The maximum absolute atomic E-state index is 11.0. The van der Waals surface area contributed by atoms with Crippen molar-refractivity contribution in [3.8, 4) is 11.6 Å². The number of nitro groups is 1. The van der Waals surface area contributed by atoms with Crippen LogP contribution in [0.4, 0.5) is 5.69 Å². The van der Waals surface area contributed by atoms with Gasteiger partial charge in [-0.3, -0.25) is 10.1 Å². The molecule has 0 unspecified atom stereocenters. The highest BCUT2D eigenvalue weighted by Gasteiger charge is 2.18. The standard InChI is InChI=1S/C12H8BrClN2O3/c1-7-4-10(16(17)18)12(15-6-7)19-11-5-8(13)2-3-9(11)14/h2-6H,1H3. The number of hydrogen-bond acceptors (Lipinski definition) is 4. The first-order valence-electron chi connectivity index (χ1n) is 5.21. The highest BCUT2D eigenvalue weighted by molar-refractivity contribution is 9.10. The van der Waals surface area contributed by atoms with Crippen LogP contribution in [0.25, 0.3) is 0 Å². The van der Waals surface area contributed by atoms with Gasteiger partial charge in [0.25, 0.3) is 5.88 Å². The Balaban J connectivity index is 2.43. The maximum Gasteiger partial charge on any atom is 0.331 e. The molecule has 0 radical (unpaired) electrons. The van der Waals surface area contributed by atoms with Gasteiger partial charge in [0.05, 0.1) is 9.95 Å². The minimum atomic E-state index is -0.540. The van der Waals surface area contributed by atoms with Crippen molar-refractivity contribution < 1.29 is 9.66 Å². The molecule has 0 aliphatic rings. The number of aromatic nitrogens is 1. The lowest BCUT2D eigenvalue weighted by atomic mass is 10.3. The SMILES string of the molecule is Cc1cnc(Oc2cc(Br)ccc2Cl)c([N+](=O)[O-])c1. The molecule has 2 aromatic rings. The normalized spacial score (nSPS) is 10.3. The van der Waals surface area contributed by atoms with Gasteiger partial charge in [0.15, 0.2) is 0 Å². The van der Waals surface area contributed by atoms with E-state index in [0.29, 0.717) is 16.3 Å². The Hall–Kier alpha value is -1.66. The summed E-state index contributed by atoms with van der Waals surface area (Å²) in [7, 11) is 0. The average molecular weight is 344 g/mol.